The van der Waals surface area contributed by atoms with E-state index in [4.69, 9.17) is 0 Å². The molecule has 1 heteroatoms. The van der Waals surface area contributed by atoms with Crippen molar-refractivity contribution in [1.29, 1.82) is 0 Å². The van der Waals surface area contributed by atoms with Crippen LogP contribution in [0.2, 0.25) is 13.1 Å². The minimum Gasteiger partial charge on any atom is -0.0714 e. The summed E-state index contributed by atoms with van der Waals surface area (Å²) in [5, 5.41) is 0. The normalized spacial score (nSPS) is 17.9. The molecule has 1 atom stereocenters. The average molecular weight is 319 g/mol. The monoisotopic (exact) mass is 318 g/mol. The molecule has 0 spiro atoms. The van der Waals surface area contributed by atoms with Gasteiger partial charge in [0.25, 0.3) is 0 Å². The molecule has 2 aliphatic rings. The molecular formula is C22H26Si. The average Bonchev–Trinajstić information content (AvgIpc) is 3.05. The van der Waals surface area contributed by atoms with Crippen LogP contribution in [0.5, 0.6) is 0 Å². The zero-order valence-corrected chi connectivity index (χ0v) is 15.8. The fraction of sp³-hybridized carbons (Fsp3) is 0.273. The number of fused-ring (bicyclic) bond motifs is 2. The lowest BCUT2D eigenvalue weighted by molar-refractivity contribution is 1.10. The molecule has 0 saturated carbocycles. The topological polar surface area (TPSA) is 0 Å². The van der Waals surface area contributed by atoms with Crippen molar-refractivity contribution in [3.05, 3.63) is 81.9 Å². The summed E-state index contributed by atoms with van der Waals surface area (Å²) in [6.45, 7) is 9.33. The Kier molecular flexibility index (Phi) is 4.68. The maximum atomic E-state index is 2.43. The highest BCUT2D eigenvalue weighted by molar-refractivity contribution is 6.58. The first-order chi connectivity index (χ1) is 11.1. The van der Waals surface area contributed by atoms with Crippen molar-refractivity contribution < 1.29 is 0 Å². The van der Waals surface area contributed by atoms with Crippen molar-refractivity contribution in [1.82, 2.24) is 0 Å². The SMILES string of the molecule is CC1=Cc2ccccc2C1.CC1=Cc2ccccc2C1[SiH](C)C. The van der Waals surface area contributed by atoms with Gasteiger partial charge in [0.05, 0.1) is 0 Å². The molecule has 0 saturated heterocycles. The van der Waals surface area contributed by atoms with Gasteiger partial charge in [-0.15, -0.1) is 0 Å². The number of hydrogen-bond donors (Lipinski definition) is 0. The first kappa shape index (κ1) is 16.0. The van der Waals surface area contributed by atoms with Gasteiger partial charge in [0.2, 0.25) is 0 Å². The molecule has 0 N–H and O–H groups in total. The number of hydrogen-bond acceptors (Lipinski definition) is 0. The molecule has 2 aromatic carbocycles. The Balaban J connectivity index is 0.000000140. The quantitative estimate of drug-likeness (QED) is 0.578. The number of benzene rings is 2. The zero-order chi connectivity index (χ0) is 16.4. The molecule has 2 aromatic rings. The molecule has 2 aliphatic carbocycles. The van der Waals surface area contributed by atoms with E-state index in [1.54, 1.807) is 11.1 Å². The lowest BCUT2D eigenvalue weighted by atomic mass is 10.1. The minimum atomic E-state index is -0.586. The molecule has 118 valence electrons. The van der Waals surface area contributed by atoms with Crippen molar-refractivity contribution >= 4 is 20.9 Å². The van der Waals surface area contributed by atoms with Crippen molar-refractivity contribution in [3.8, 4) is 0 Å². The molecule has 0 aliphatic heterocycles. The van der Waals surface area contributed by atoms with E-state index in [1.165, 1.54) is 22.3 Å². The standard InChI is InChI=1S/C12H16Si.C10H10/c1-9-8-10-6-4-5-7-11(10)12(9)13(2)3;1-8-6-9-4-2-3-5-10(9)7-8/h4-8,12-13H,1-3H3;2-6H,7H2,1H3. The van der Waals surface area contributed by atoms with E-state index in [0.29, 0.717) is 0 Å². The van der Waals surface area contributed by atoms with Gasteiger partial charge in [-0.05, 0) is 48.1 Å². The molecule has 0 amide bonds. The largest absolute Gasteiger partial charge is 0.0714 e. The van der Waals surface area contributed by atoms with Gasteiger partial charge in [0.1, 0.15) is 0 Å². The van der Waals surface area contributed by atoms with Gasteiger partial charge >= 0.3 is 0 Å². The van der Waals surface area contributed by atoms with E-state index in [0.717, 1.165) is 12.0 Å². The molecular weight excluding hydrogens is 292 g/mol. The molecule has 0 aromatic heterocycles. The van der Waals surface area contributed by atoms with Crippen molar-refractivity contribution in [2.24, 2.45) is 0 Å². The third-order valence-corrected chi connectivity index (χ3v) is 7.02. The van der Waals surface area contributed by atoms with Crippen LogP contribution in [0.3, 0.4) is 0 Å². The Morgan fingerprint density at radius 3 is 2.17 bits per heavy atom. The molecule has 4 rings (SSSR count). The molecule has 0 bridgehead atoms. The van der Waals surface area contributed by atoms with Crippen LogP contribution in [0.4, 0.5) is 0 Å². The molecule has 1 unspecified atom stereocenters. The Bertz CT molecular complexity index is 765. The fourth-order valence-electron chi connectivity index (χ4n) is 3.84. The Morgan fingerprint density at radius 2 is 1.48 bits per heavy atom. The van der Waals surface area contributed by atoms with Crippen molar-refractivity contribution in [2.45, 2.75) is 38.9 Å². The second-order valence-corrected chi connectivity index (χ2v) is 10.3. The Morgan fingerprint density at radius 1 is 0.826 bits per heavy atom. The summed E-state index contributed by atoms with van der Waals surface area (Å²) in [4.78, 5) is 0. The highest BCUT2D eigenvalue weighted by Crippen LogP contribution is 2.37. The van der Waals surface area contributed by atoms with Gasteiger partial charge in [-0.3, -0.25) is 0 Å². The molecule has 23 heavy (non-hydrogen) atoms. The van der Waals surface area contributed by atoms with E-state index < -0.39 is 8.80 Å². The maximum Gasteiger partial charge on any atom is 0.0439 e. The zero-order valence-electron chi connectivity index (χ0n) is 14.6. The van der Waals surface area contributed by atoms with Gasteiger partial charge in [-0.2, -0.15) is 0 Å². The predicted molar refractivity (Wildman–Crippen MR) is 106 cm³/mol. The lowest BCUT2D eigenvalue weighted by Crippen LogP contribution is -2.14. The highest BCUT2D eigenvalue weighted by Gasteiger charge is 2.24. The fourth-order valence-corrected chi connectivity index (χ4v) is 6.01. The van der Waals surface area contributed by atoms with Crippen LogP contribution in [0.1, 0.15) is 41.6 Å². The first-order valence-corrected chi connectivity index (χ1v) is 11.6. The summed E-state index contributed by atoms with van der Waals surface area (Å²) < 4.78 is 0. The maximum absolute atomic E-state index is 2.43. The van der Waals surface area contributed by atoms with Crippen LogP contribution in [-0.4, -0.2) is 8.80 Å². The van der Waals surface area contributed by atoms with Crippen molar-refractivity contribution in [3.63, 3.8) is 0 Å². The number of rotatable bonds is 1. The Labute approximate surface area is 142 Å². The van der Waals surface area contributed by atoms with Crippen LogP contribution in [0.25, 0.3) is 12.2 Å². The summed E-state index contributed by atoms with van der Waals surface area (Å²) in [6, 6.07) is 17.4. The van der Waals surface area contributed by atoms with E-state index in [2.05, 4.69) is 87.6 Å². The van der Waals surface area contributed by atoms with Gasteiger partial charge in [-0.1, -0.05) is 84.9 Å². The third-order valence-electron chi connectivity index (χ3n) is 4.80. The second kappa shape index (κ2) is 6.72. The summed E-state index contributed by atoms with van der Waals surface area (Å²) >= 11 is 0. The molecule has 0 heterocycles. The summed E-state index contributed by atoms with van der Waals surface area (Å²) in [5.74, 6) is 0. The molecule has 0 fully saturated rings. The van der Waals surface area contributed by atoms with Crippen LogP contribution in [0, 0.1) is 0 Å². The Hall–Kier alpha value is -1.86. The predicted octanol–water partition coefficient (Wildman–Crippen LogP) is 5.86. The van der Waals surface area contributed by atoms with Gasteiger partial charge < -0.3 is 0 Å². The van der Waals surface area contributed by atoms with Crippen molar-refractivity contribution in [2.75, 3.05) is 0 Å². The van der Waals surface area contributed by atoms with E-state index in [-0.39, 0.29) is 0 Å². The third kappa shape index (κ3) is 3.40. The first-order valence-electron chi connectivity index (χ1n) is 8.58. The lowest BCUT2D eigenvalue weighted by Gasteiger charge is -2.17. The molecule has 0 nitrogen and oxygen atoms in total. The molecule has 0 radical (unpaired) electrons. The number of allylic oxidation sites excluding steroid dienone is 2. The van der Waals surface area contributed by atoms with Crippen LogP contribution >= 0.6 is 0 Å². The van der Waals surface area contributed by atoms with E-state index in [9.17, 15) is 0 Å². The highest BCUT2D eigenvalue weighted by atomic mass is 28.3. The van der Waals surface area contributed by atoms with Crippen LogP contribution < -0.4 is 0 Å². The summed E-state index contributed by atoms with van der Waals surface area (Å²) in [7, 11) is -0.586. The van der Waals surface area contributed by atoms with E-state index in [1.807, 2.05) is 0 Å². The van der Waals surface area contributed by atoms with E-state index >= 15 is 0 Å². The van der Waals surface area contributed by atoms with Gasteiger partial charge in [-0.25, -0.2) is 0 Å². The smallest absolute Gasteiger partial charge is 0.0439 e. The second-order valence-electron chi connectivity index (χ2n) is 7.11. The van der Waals surface area contributed by atoms with Crippen LogP contribution in [-0.2, 0) is 6.42 Å². The minimum absolute atomic E-state index is 0.586. The van der Waals surface area contributed by atoms with Gasteiger partial charge in [0, 0.05) is 8.80 Å². The summed E-state index contributed by atoms with van der Waals surface area (Å²) in [5.41, 5.74) is 9.73. The van der Waals surface area contributed by atoms with Crippen LogP contribution in [0.15, 0.2) is 59.7 Å². The van der Waals surface area contributed by atoms with Gasteiger partial charge in [0.15, 0.2) is 0 Å². The summed E-state index contributed by atoms with van der Waals surface area (Å²) in [6.07, 6.45) is 5.76.